The Morgan fingerprint density at radius 1 is 1.12 bits per heavy atom. The molecule has 1 unspecified atom stereocenters. The molecule has 1 aromatic carbocycles. The van der Waals surface area contributed by atoms with E-state index < -0.39 is 0 Å². The number of allylic oxidation sites excluding steroid dienone is 1. The van der Waals surface area contributed by atoms with Gasteiger partial charge in [0.05, 0.1) is 0 Å². The minimum Gasteiger partial charge on any atom is -0.394 e. The minimum atomic E-state index is -0.361. The molecule has 1 atom stereocenters. The first-order chi connectivity index (χ1) is 11.6. The molecule has 1 aromatic heterocycles. The lowest BCUT2D eigenvalue weighted by Crippen LogP contribution is -2.33. The minimum absolute atomic E-state index is 0.0423. The maximum absolute atomic E-state index is 12.4. The number of nitrogens with two attached hydrogens (primary N) is 1. The van der Waals surface area contributed by atoms with Gasteiger partial charge in [0.2, 0.25) is 5.78 Å². The van der Waals surface area contributed by atoms with Crippen LogP contribution in [0, 0.1) is 0 Å². The van der Waals surface area contributed by atoms with E-state index in [1.54, 1.807) is 23.1 Å². The smallest absolute Gasteiger partial charge is 0.269 e. The summed E-state index contributed by atoms with van der Waals surface area (Å²) in [6.45, 7) is 1.26. The summed E-state index contributed by atoms with van der Waals surface area (Å²) in [5.41, 5.74) is 7.30. The van der Waals surface area contributed by atoms with Gasteiger partial charge in [-0.15, -0.1) is 0 Å². The summed E-state index contributed by atoms with van der Waals surface area (Å²) in [5.74, 6) is -0.340. The van der Waals surface area contributed by atoms with Crippen molar-refractivity contribution < 1.29 is 9.59 Å². The highest BCUT2D eigenvalue weighted by molar-refractivity contribution is 6.08. The lowest BCUT2D eigenvalue weighted by atomic mass is 9.99. The summed E-state index contributed by atoms with van der Waals surface area (Å²) in [6, 6.07) is 15.2. The average molecular weight is 321 g/mol. The second kappa shape index (κ2) is 7.08. The van der Waals surface area contributed by atoms with Crippen molar-refractivity contribution in [1.29, 1.82) is 0 Å². The van der Waals surface area contributed by atoms with E-state index in [4.69, 9.17) is 5.73 Å². The van der Waals surface area contributed by atoms with E-state index in [0.29, 0.717) is 19.0 Å². The molecule has 0 radical (unpaired) electrons. The van der Waals surface area contributed by atoms with Crippen LogP contribution in [0.25, 0.3) is 0 Å². The van der Waals surface area contributed by atoms with E-state index >= 15 is 0 Å². The zero-order valence-electron chi connectivity index (χ0n) is 13.3. The highest BCUT2D eigenvalue weighted by Crippen LogP contribution is 2.27. The Bertz CT molecular complexity index is 757. The molecule has 0 aliphatic carbocycles. The Morgan fingerprint density at radius 3 is 2.58 bits per heavy atom. The van der Waals surface area contributed by atoms with Gasteiger partial charge in [-0.05, 0) is 24.1 Å². The molecule has 2 heterocycles. The average Bonchev–Trinajstić information content (AvgIpc) is 3.12. The number of hydrogen-bond donors (Lipinski definition) is 1. The standard InChI is InChI=1S/C19H19N3O2/c20-16(12-18(23)17-8-4-5-10-21-17)19(24)22-11-9-15(13-22)14-6-2-1-3-7-14/h1-8,10,12,15H,9,11,13,20H2. The lowest BCUT2D eigenvalue weighted by molar-refractivity contribution is -0.126. The molecule has 2 N–H and O–H groups in total. The molecule has 5 nitrogen and oxygen atoms in total. The van der Waals surface area contributed by atoms with Crippen molar-refractivity contribution >= 4 is 11.7 Å². The van der Waals surface area contributed by atoms with E-state index in [2.05, 4.69) is 17.1 Å². The third kappa shape index (κ3) is 3.51. The maximum atomic E-state index is 12.4. The highest BCUT2D eigenvalue weighted by Gasteiger charge is 2.28. The van der Waals surface area contributed by atoms with Crippen LogP contribution >= 0.6 is 0 Å². The Morgan fingerprint density at radius 2 is 1.88 bits per heavy atom. The van der Waals surface area contributed by atoms with Crippen LogP contribution in [0.3, 0.4) is 0 Å². The Balaban J connectivity index is 1.66. The van der Waals surface area contributed by atoms with Crippen molar-refractivity contribution in [2.75, 3.05) is 13.1 Å². The molecule has 3 rings (SSSR count). The molecule has 0 bridgehead atoms. The Labute approximate surface area is 140 Å². The van der Waals surface area contributed by atoms with Crippen molar-refractivity contribution in [1.82, 2.24) is 9.88 Å². The summed E-state index contributed by atoms with van der Waals surface area (Å²) in [5, 5.41) is 0. The maximum Gasteiger partial charge on any atom is 0.269 e. The van der Waals surface area contributed by atoms with E-state index in [0.717, 1.165) is 6.42 Å². The normalized spacial score (nSPS) is 17.8. The van der Waals surface area contributed by atoms with Crippen molar-refractivity contribution in [2.24, 2.45) is 5.73 Å². The predicted octanol–water partition coefficient (Wildman–Crippen LogP) is 2.12. The Kier molecular flexibility index (Phi) is 4.70. The number of carbonyl (C=O) groups excluding carboxylic acids is 2. The lowest BCUT2D eigenvalue weighted by Gasteiger charge is -2.16. The summed E-state index contributed by atoms with van der Waals surface area (Å²) >= 11 is 0. The van der Waals surface area contributed by atoms with E-state index in [9.17, 15) is 9.59 Å². The number of hydrogen-bond acceptors (Lipinski definition) is 4. The van der Waals surface area contributed by atoms with Crippen molar-refractivity contribution in [3.63, 3.8) is 0 Å². The SMILES string of the molecule is NC(=CC(=O)c1ccccn1)C(=O)N1CCC(c2ccccc2)C1. The van der Waals surface area contributed by atoms with Gasteiger partial charge in [-0.3, -0.25) is 14.6 Å². The molecule has 2 aromatic rings. The molecule has 1 aliphatic rings. The van der Waals surface area contributed by atoms with Gasteiger partial charge in [0.1, 0.15) is 11.4 Å². The van der Waals surface area contributed by atoms with Crippen molar-refractivity contribution in [3.8, 4) is 0 Å². The first-order valence-corrected chi connectivity index (χ1v) is 7.92. The van der Waals surface area contributed by atoms with Crippen LogP contribution < -0.4 is 5.73 Å². The predicted molar refractivity (Wildman–Crippen MR) is 91.2 cm³/mol. The molecule has 0 spiro atoms. The van der Waals surface area contributed by atoms with Gasteiger partial charge in [0.25, 0.3) is 5.91 Å². The van der Waals surface area contributed by atoms with E-state index in [1.807, 2.05) is 18.2 Å². The number of aromatic nitrogens is 1. The number of nitrogens with zero attached hydrogens (tertiary/aromatic N) is 2. The van der Waals surface area contributed by atoms with Crippen LogP contribution in [-0.4, -0.2) is 34.7 Å². The zero-order valence-corrected chi connectivity index (χ0v) is 13.3. The van der Waals surface area contributed by atoms with E-state index in [-0.39, 0.29) is 23.1 Å². The summed E-state index contributed by atoms with van der Waals surface area (Å²) in [6.07, 6.45) is 3.60. The van der Waals surface area contributed by atoms with Crippen molar-refractivity contribution in [2.45, 2.75) is 12.3 Å². The first-order valence-electron chi connectivity index (χ1n) is 7.92. The van der Waals surface area contributed by atoms with Crippen LogP contribution in [0.15, 0.2) is 66.5 Å². The fraction of sp³-hybridized carbons (Fsp3) is 0.211. The molecule has 1 amide bonds. The molecular formula is C19H19N3O2. The van der Waals surface area contributed by atoms with Gasteiger partial charge < -0.3 is 10.6 Å². The van der Waals surface area contributed by atoms with Crippen LogP contribution in [-0.2, 0) is 4.79 Å². The number of ketones is 1. The Hall–Kier alpha value is -2.95. The largest absolute Gasteiger partial charge is 0.394 e. The van der Waals surface area contributed by atoms with Crippen LogP contribution in [0.1, 0.15) is 28.4 Å². The highest BCUT2D eigenvalue weighted by atomic mass is 16.2. The van der Waals surface area contributed by atoms with Gasteiger partial charge in [-0.2, -0.15) is 0 Å². The molecule has 24 heavy (non-hydrogen) atoms. The number of amides is 1. The monoisotopic (exact) mass is 321 g/mol. The first kappa shape index (κ1) is 15.9. The molecule has 1 fully saturated rings. The number of carbonyl (C=O) groups is 2. The summed E-state index contributed by atoms with van der Waals surface area (Å²) in [4.78, 5) is 30.2. The number of benzene rings is 1. The number of pyridine rings is 1. The molecule has 1 saturated heterocycles. The number of rotatable bonds is 4. The van der Waals surface area contributed by atoms with Gasteiger partial charge in [-0.25, -0.2) is 0 Å². The molecular weight excluding hydrogens is 302 g/mol. The fourth-order valence-corrected chi connectivity index (χ4v) is 2.91. The van der Waals surface area contributed by atoms with E-state index in [1.165, 1.54) is 17.8 Å². The summed E-state index contributed by atoms with van der Waals surface area (Å²) < 4.78 is 0. The van der Waals surface area contributed by atoms with Crippen LogP contribution in [0.2, 0.25) is 0 Å². The topological polar surface area (TPSA) is 76.3 Å². The zero-order chi connectivity index (χ0) is 16.9. The third-order valence-corrected chi connectivity index (χ3v) is 4.20. The number of likely N-dealkylation sites (tertiary alicyclic amines) is 1. The second-order valence-corrected chi connectivity index (χ2v) is 5.83. The fourth-order valence-electron chi connectivity index (χ4n) is 2.91. The van der Waals surface area contributed by atoms with Gasteiger partial charge in [-0.1, -0.05) is 36.4 Å². The molecule has 1 aliphatic heterocycles. The van der Waals surface area contributed by atoms with Gasteiger partial charge in [0.15, 0.2) is 0 Å². The van der Waals surface area contributed by atoms with Crippen LogP contribution in [0.5, 0.6) is 0 Å². The third-order valence-electron chi connectivity index (χ3n) is 4.20. The van der Waals surface area contributed by atoms with Crippen molar-refractivity contribution in [3.05, 3.63) is 77.8 Å². The molecule has 5 heteroatoms. The van der Waals surface area contributed by atoms with Crippen LogP contribution in [0.4, 0.5) is 0 Å². The molecule has 0 saturated carbocycles. The second-order valence-electron chi connectivity index (χ2n) is 5.83. The van der Waals surface area contributed by atoms with Gasteiger partial charge >= 0.3 is 0 Å². The quantitative estimate of drug-likeness (QED) is 0.691. The molecule has 122 valence electrons. The van der Waals surface area contributed by atoms with Gasteiger partial charge in [0, 0.05) is 31.3 Å². The summed E-state index contributed by atoms with van der Waals surface area (Å²) in [7, 11) is 0.